The average molecular weight is 514 g/mol. The predicted molar refractivity (Wildman–Crippen MR) is 132 cm³/mol. The molecule has 10 heteroatoms. The summed E-state index contributed by atoms with van der Waals surface area (Å²) in [7, 11) is 0. The van der Waals surface area contributed by atoms with E-state index >= 15 is 0 Å². The molecule has 0 unspecified atom stereocenters. The number of aromatic nitrogens is 3. The largest absolute Gasteiger partial charge is 0.433 e. The highest BCUT2D eigenvalue weighted by atomic mass is 19.4. The molecule has 0 saturated carbocycles. The highest BCUT2D eigenvalue weighted by molar-refractivity contribution is 5.96. The van der Waals surface area contributed by atoms with E-state index in [1.54, 1.807) is 29.1 Å². The molecule has 2 aromatic heterocycles. The van der Waals surface area contributed by atoms with E-state index in [9.17, 15) is 22.8 Å². The van der Waals surface area contributed by atoms with E-state index in [4.69, 9.17) is 0 Å². The van der Waals surface area contributed by atoms with Crippen molar-refractivity contribution in [2.45, 2.75) is 57.3 Å². The summed E-state index contributed by atoms with van der Waals surface area (Å²) in [5.74, 6) is -0.461. The van der Waals surface area contributed by atoms with Gasteiger partial charge in [-0.2, -0.15) is 18.3 Å². The van der Waals surface area contributed by atoms with Gasteiger partial charge in [0.15, 0.2) is 5.78 Å². The number of likely N-dealkylation sites (tertiary alicyclic amines) is 2. The van der Waals surface area contributed by atoms with Crippen molar-refractivity contribution in [3.8, 4) is 0 Å². The molecule has 0 radical (unpaired) electrons. The molecule has 3 aromatic rings. The minimum absolute atomic E-state index is 0.0379. The highest BCUT2D eigenvalue weighted by Crippen LogP contribution is 2.28. The van der Waals surface area contributed by atoms with Crippen LogP contribution in [0.5, 0.6) is 0 Å². The van der Waals surface area contributed by atoms with Crippen molar-refractivity contribution in [2.24, 2.45) is 0 Å². The maximum atomic E-state index is 12.9. The Morgan fingerprint density at radius 3 is 2.46 bits per heavy atom. The maximum Gasteiger partial charge on any atom is 0.433 e. The van der Waals surface area contributed by atoms with E-state index in [0.717, 1.165) is 37.4 Å². The fraction of sp³-hybridized carbons (Fsp3) is 0.481. The van der Waals surface area contributed by atoms with Crippen LogP contribution in [-0.4, -0.2) is 68.5 Å². The Balaban J connectivity index is 1.19. The second-order valence-electron chi connectivity index (χ2n) is 9.93. The van der Waals surface area contributed by atoms with Gasteiger partial charge in [-0.3, -0.25) is 14.3 Å². The van der Waals surface area contributed by atoms with Crippen molar-refractivity contribution >= 4 is 22.6 Å². The Bertz CT molecular complexity index is 1270. The standard InChI is InChI=1S/C27H30F3N5O2/c28-27(29,30)25-6-4-5-23(31-25)24(36)16-19-7-8-22-20(15-19)17-35(32-22)18-26(37)34-13-9-21(10-14-34)33-11-2-1-3-12-33/h4-8,15,17,21H,1-3,9-14,16,18H2. The molecule has 2 aliphatic heterocycles. The minimum Gasteiger partial charge on any atom is -0.341 e. The lowest BCUT2D eigenvalue weighted by Crippen LogP contribution is -2.48. The summed E-state index contributed by atoms with van der Waals surface area (Å²) in [6, 6.07) is 9.14. The van der Waals surface area contributed by atoms with E-state index in [-0.39, 0.29) is 24.6 Å². The van der Waals surface area contributed by atoms with E-state index < -0.39 is 17.7 Å². The molecule has 196 valence electrons. The van der Waals surface area contributed by atoms with E-state index in [1.807, 2.05) is 4.90 Å². The summed E-state index contributed by atoms with van der Waals surface area (Å²) in [6.07, 6.45) is 2.94. The zero-order chi connectivity index (χ0) is 26.0. The Morgan fingerprint density at radius 2 is 1.73 bits per heavy atom. The second kappa shape index (κ2) is 10.6. The van der Waals surface area contributed by atoms with E-state index in [1.165, 1.54) is 44.5 Å². The van der Waals surface area contributed by atoms with Gasteiger partial charge in [0.2, 0.25) is 5.91 Å². The van der Waals surface area contributed by atoms with Gasteiger partial charge in [-0.05, 0) is 68.6 Å². The van der Waals surface area contributed by atoms with Gasteiger partial charge >= 0.3 is 6.18 Å². The smallest absolute Gasteiger partial charge is 0.341 e. The number of ketones is 1. The van der Waals surface area contributed by atoms with Crippen LogP contribution in [0.2, 0.25) is 0 Å². The number of pyridine rings is 1. The first-order valence-electron chi connectivity index (χ1n) is 12.8. The third kappa shape index (κ3) is 6.01. The van der Waals surface area contributed by atoms with Gasteiger partial charge in [-0.25, -0.2) is 4.98 Å². The topological polar surface area (TPSA) is 71.3 Å². The van der Waals surface area contributed by atoms with E-state index in [2.05, 4.69) is 15.0 Å². The number of Topliss-reactive ketones (excluding diaryl/α,β-unsaturated/α-hetero) is 1. The third-order valence-corrected chi connectivity index (χ3v) is 7.33. The van der Waals surface area contributed by atoms with Crippen molar-refractivity contribution in [2.75, 3.05) is 26.2 Å². The average Bonchev–Trinajstić information content (AvgIpc) is 3.30. The Labute approximate surface area is 213 Å². The van der Waals surface area contributed by atoms with Gasteiger partial charge in [0.05, 0.1) is 5.52 Å². The molecule has 0 bridgehead atoms. The lowest BCUT2D eigenvalue weighted by atomic mass is 10.00. The summed E-state index contributed by atoms with van der Waals surface area (Å²) in [4.78, 5) is 33.5. The summed E-state index contributed by atoms with van der Waals surface area (Å²) in [6.45, 7) is 4.00. The Hall–Kier alpha value is -3.27. The van der Waals surface area contributed by atoms with Gasteiger partial charge in [0.1, 0.15) is 17.9 Å². The summed E-state index contributed by atoms with van der Waals surface area (Å²) < 4.78 is 40.4. The first kappa shape index (κ1) is 25.4. The molecule has 5 rings (SSSR count). The summed E-state index contributed by atoms with van der Waals surface area (Å²) in [5, 5.41) is 5.25. The van der Waals surface area contributed by atoms with Crippen molar-refractivity contribution in [3.63, 3.8) is 0 Å². The molecule has 37 heavy (non-hydrogen) atoms. The number of hydrogen-bond donors (Lipinski definition) is 0. The zero-order valence-corrected chi connectivity index (χ0v) is 20.6. The number of amides is 1. The monoisotopic (exact) mass is 513 g/mol. The molecule has 0 aliphatic carbocycles. The van der Waals surface area contributed by atoms with Crippen LogP contribution in [0.25, 0.3) is 10.9 Å². The fourth-order valence-electron chi connectivity index (χ4n) is 5.34. The van der Waals surface area contributed by atoms with Crippen LogP contribution in [0.1, 0.15) is 53.8 Å². The molecule has 2 fully saturated rings. The molecule has 0 atom stereocenters. The molecular formula is C27H30F3N5O2. The van der Waals surface area contributed by atoms with Crippen LogP contribution in [0.15, 0.2) is 42.6 Å². The second-order valence-corrected chi connectivity index (χ2v) is 9.93. The van der Waals surface area contributed by atoms with Crippen LogP contribution >= 0.6 is 0 Å². The van der Waals surface area contributed by atoms with Gasteiger partial charge in [-0.15, -0.1) is 0 Å². The van der Waals surface area contributed by atoms with Crippen LogP contribution < -0.4 is 0 Å². The predicted octanol–water partition coefficient (Wildman–Crippen LogP) is 4.35. The molecule has 4 heterocycles. The number of halogens is 3. The maximum absolute atomic E-state index is 12.9. The number of benzene rings is 1. The molecule has 2 aliphatic rings. The van der Waals surface area contributed by atoms with Gasteiger partial charge in [-0.1, -0.05) is 18.6 Å². The molecule has 0 N–H and O–H groups in total. The van der Waals surface area contributed by atoms with Crippen LogP contribution in [0.3, 0.4) is 0 Å². The summed E-state index contributed by atoms with van der Waals surface area (Å²) >= 11 is 0. The van der Waals surface area contributed by atoms with Crippen molar-refractivity contribution in [1.82, 2.24) is 24.6 Å². The number of hydrogen-bond acceptors (Lipinski definition) is 5. The summed E-state index contributed by atoms with van der Waals surface area (Å²) in [5.41, 5.74) is 0.0168. The number of carbonyl (C=O) groups is 2. The Kier molecular flexibility index (Phi) is 7.28. The lowest BCUT2D eigenvalue weighted by Gasteiger charge is -2.40. The van der Waals surface area contributed by atoms with Gasteiger partial charge in [0.25, 0.3) is 0 Å². The molecule has 2 saturated heterocycles. The number of alkyl halides is 3. The quantitative estimate of drug-likeness (QED) is 0.459. The first-order chi connectivity index (χ1) is 17.8. The number of nitrogens with zero attached hydrogens (tertiary/aromatic N) is 5. The van der Waals surface area contributed by atoms with Gasteiger partial charge in [0, 0.05) is 37.1 Å². The molecule has 1 aromatic carbocycles. The first-order valence-corrected chi connectivity index (χ1v) is 12.8. The minimum atomic E-state index is -4.61. The van der Waals surface area contributed by atoms with E-state index in [0.29, 0.717) is 17.1 Å². The van der Waals surface area contributed by atoms with Gasteiger partial charge < -0.3 is 9.80 Å². The fourth-order valence-corrected chi connectivity index (χ4v) is 5.34. The van der Waals surface area contributed by atoms with Crippen LogP contribution in [-0.2, 0) is 23.9 Å². The highest BCUT2D eigenvalue weighted by Gasteiger charge is 2.33. The number of carbonyl (C=O) groups excluding carboxylic acids is 2. The number of fused-ring (bicyclic) bond motifs is 1. The van der Waals surface area contributed by atoms with Crippen LogP contribution in [0, 0.1) is 0 Å². The third-order valence-electron chi connectivity index (χ3n) is 7.33. The lowest BCUT2D eigenvalue weighted by molar-refractivity contribution is -0.141. The van der Waals surface area contributed by atoms with Crippen LogP contribution in [0.4, 0.5) is 13.2 Å². The number of rotatable bonds is 6. The number of piperidine rings is 2. The molecule has 0 spiro atoms. The SMILES string of the molecule is O=C(Cc1ccc2nn(CC(=O)N3CCC(N4CCCCC4)CC3)cc2c1)c1cccc(C(F)(F)F)n1. The Morgan fingerprint density at radius 1 is 0.973 bits per heavy atom. The molecule has 1 amide bonds. The normalized spacial score (nSPS) is 17.9. The molecular weight excluding hydrogens is 483 g/mol. The van der Waals surface area contributed by atoms with Crippen molar-refractivity contribution in [3.05, 3.63) is 59.5 Å². The molecule has 7 nitrogen and oxygen atoms in total. The zero-order valence-electron chi connectivity index (χ0n) is 20.6. The van der Waals surface area contributed by atoms with Crippen molar-refractivity contribution < 1.29 is 22.8 Å². The van der Waals surface area contributed by atoms with Crippen molar-refractivity contribution in [1.29, 1.82) is 0 Å².